The average Bonchev–Trinajstić information content (AvgIpc) is 2.76. The number of carbonyl (C=O) groups is 1. The Kier molecular flexibility index (Phi) is 3.37. The zero-order chi connectivity index (χ0) is 12.1. The van der Waals surface area contributed by atoms with Crippen LogP contribution in [0.3, 0.4) is 0 Å². The molecule has 0 N–H and O–H groups in total. The van der Waals surface area contributed by atoms with Gasteiger partial charge in [-0.05, 0) is 17.7 Å². The molecule has 1 saturated carbocycles. The largest absolute Gasteiger partial charge is 0.303 e. The van der Waals surface area contributed by atoms with Gasteiger partial charge in [-0.1, -0.05) is 34.8 Å². The van der Waals surface area contributed by atoms with Gasteiger partial charge in [-0.15, -0.1) is 23.2 Å². The van der Waals surface area contributed by atoms with Gasteiger partial charge in [0.2, 0.25) is 0 Å². The van der Waals surface area contributed by atoms with Crippen molar-refractivity contribution in [2.24, 2.45) is 5.92 Å². The lowest BCUT2D eigenvalue weighted by Crippen LogP contribution is -1.91. The number of hydrogen-bond acceptors (Lipinski definition) is 1. The maximum atomic E-state index is 10.7. The first kappa shape index (κ1) is 12.8. The van der Waals surface area contributed by atoms with Crippen LogP contribution in [0.15, 0.2) is 12.1 Å². The Bertz CT molecular complexity index is 434. The van der Waals surface area contributed by atoms with Gasteiger partial charge in [-0.2, -0.15) is 0 Å². The molecule has 0 spiro atoms. The van der Waals surface area contributed by atoms with Crippen LogP contribution in [0, 0.1) is 5.92 Å². The Morgan fingerprint density at radius 3 is 2.00 bits per heavy atom. The topological polar surface area (TPSA) is 17.1 Å². The van der Waals surface area contributed by atoms with Crippen LogP contribution >= 0.6 is 58.0 Å². The van der Waals surface area contributed by atoms with Gasteiger partial charge in [0.15, 0.2) is 0 Å². The van der Waals surface area contributed by atoms with Crippen molar-refractivity contribution in [1.82, 2.24) is 0 Å². The highest BCUT2D eigenvalue weighted by Gasteiger charge is 2.64. The van der Waals surface area contributed by atoms with Gasteiger partial charge in [0.25, 0.3) is 0 Å². The second kappa shape index (κ2) is 4.22. The molecule has 0 bridgehead atoms. The molecule has 2 atom stereocenters. The molecule has 0 heterocycles. The van der Waals surface area contributed by atoms with Crippen molar-refractivity contribution in [3.63, 3.8) is 0 Å². The highest BCUT2D eigenvalue weighted by molar-refractivity contribution is 6.53. The molecule has 1 aromatic carbocycles. The third-order valence-corrected chi connectivity index (χ3v) is 4.79. The Hall–Kier alpha value is 0.340. The molecule has 1 aliphatic carbocycles. The predicted molar refractivity (Wildman–Crippen MR) is 68.2 cm³/mol. The number of benzene rings is 1. The lowest BCUT2D eigenvalue weighted by Gasteiger charge is -2.04. The maximum Gasteiger partial charge on any atom is 0.136 e. The highest BCUT2D eigenvalue weighted by atomic mass is 35.5. The second-order valence-corrected chi connectivity index (χ2v) is 6.25. The molecule has 6 heteroatoms. The van der Waals surface area contributed by atoms with E-state index >= 15 is 0 Å². The average molecular weight is 318 g/mol. The van der Waals surface area contributed by atoms with Gasteiger partial charge in [0.1, 0.15) is 10.6 Å². The molecular formula is C10H5Cl5O. The molecular weight excluding hydrogens is 313 g/mol. The molecule has 0 amide bonds. The molecule has 0 saturated heterocycles. The molecule has 86 valence electrons. The van der Waals surface area contributed by atoms with E-state index in [2.05, 4.69) is 0 Å². The second-order valence-electron chi connectivity index (χ2n) is 3.61. The van der Waals surface area contributed by atoms with Crippen molar-refractivity contribution in [3.8, 4) is 0 Å². The molecule has 1 aliphatic rings. The van der Waals surface area contributed by atoms with Crippen LogP contribution in [0.5, 0.6) is 0 Å². The first-order valence-corrected chi connectivity index (χ1v) is 6.26. The summed E-state index contributed by atoms with van der Waals surface area (Å²) in [6, 6.07) is 3.26. The number of rotatable bonds is 2. The summed E-state index contributed by atoms with van der Waals surface area (Å²) in [7, 11) is 0. The first-order chi connectivity index (χ1) is 7.39. The molecule has 2 rings (SSSR count). The van der Waals surface area contributed by atoms with Crippen molar-refractivity contribution >= 4 is 64.3 Å². The molecule has 0 aromatic heterocycles. The van der Waals surface area contributed by atoms with E-state index < -0.39 is 10.3 Å². The number of halogens is 5. The van der Waals surface area contributed by atoms with Crippen molar-refractivity contribution in [2.75, 3.05) is 0 Å². The molecule has 1 fully saturated rings. The fourth-order valence-corrected chi connectivity index (χ4v) is 3.07. The normalized spacial score (nSPS) is 26.6. The van der Waals surface area contributed by atoms with Crippen LogP contribution in [-0.4, -0.2) is 10.6 Å². The van der Waals surface area contributed by atoms with Crippen LogP contribution in [-0.2, 0) is 4.79 Å². The van der Waals surface area contributed by atoms with Crippen LogP contribution in [0.25, 0.3) is 0 Å². The third kappa shape index (κ3) is 1.93. The monoisotopic (exact) mass is 316 g/mol. The van der Waals surface area contributed by atoms with E-state index in [4.69, 9.17) is 58.0 Å². The van der Waals surface area contributed by atoms with E-state index in [9.17, 15) is 4.79 Å². The fraction of sp³-hybridized carbons (Fsp3) is 0.300. The van der Waals surface area contributed by atoms with E-state index in [1.54, 1.807) is 12.1 Å². The highest BCUT2D eigenvalue weighted by Crippen LogP contribution is 2.64. The van der Waals surface area contributed by atoms with Crippen molar-refractivity contribution in [2.45, 2.75) is 10.3 Å². The van der Waals surface area contributed by atoms with E-state index in [-0.39, 0.29) is 10.9 Å². The van der Waals surface area contributed by atoms with Gasteiger partial charge in [0.05, 0.1) is 21.0 Å². The minimum Gasteiger partial charge on any atom is -0.303 e. The SMILES string of the molecule is O=CC1C(c2cc(Cl)c(Cl)c(Cl)c2)C1(Cl)Cl. The summed E-state index contributed by atoms with van der Waals surface area (Å²) >= 11 is 29.5. The molecule has 1 aromatic rings. The van der Waals surface area contributed by atoms with E-state index in [0.29, 0.717) is 10.0 Å². The Labute approximate surface area is 118 Å². The third-order valence-electron chi connectivity index (χ3n) is 2.62. The first-order valence-electron chi connectivity index (χ1n) is 4.37. The Balaban J connectivity index is 2.41. The van der Waals surface area contributed by atoms with Gasteiger partial charge in [-0.25, -0.2) is 0 Å². The van der Waals surface area contributed by atoms with Crippen LogP contribution in [0.2, 0.25) is 15.1 Å². The quantitative estimate of drug-likeness (QED) is 0.437. The Morgan fingerprint density at radius 1 is 1.12 bits per heavy atom. The molecule has 0 radical (unpaired) electrons. The zero-order valence-corrected chi connectivity index (χ0v) is 11.5. The number of hydrogen-bond donors (Lipinski definition) is 0. The van der Waals surface area contributed by atoms with Crippen molar-refractivity contribution in [3.05, 3.63) is 32.8 Å². The summed E-state index contributed by atoms with van der Waals surface area (Å²) in [4.78, 5) is 10.7. The van der Waals surface area contributed by atoms with Crippen LogP contribution < -0.4 is 0 Å². The number of aldehydes is 1. The molecule has 16 heavy (non-hydrogen) atoms. The number of carbonyl (C=O) groups excluding carboxylic acids is 1. The number of alkyl halides is 2. The summed E-state index contributed by atoms with van der Waals surface area (Å²) in [6.07, 6.45) is 0.737. The Morgan fingerprint density at radius 2 is 1.62 bits per heavy atom. The summed E-state index contributed by atoms with van der Waals surface area (Å²) < 4.78 is -1.07. The van der Waals surface area contributed by atoms with Gasteiger partial charge in [0, 0.05) is 5.92 Å². The summed E-state index contributed by atoms with van der Waals surface area (Å²) in [5.74, 6) is -0.704. The smallest absolute Gasteiger partial charge is 0.136 e. The fourth-order valence-electron chi connectivity index (χ4n) is 1.70. The zero-order valence-electron chi connectivity index (χ0n) is 7.68. The summed E-state index contributed by atoms with van der Waals surface area (Å²) in [6.45, 7) is 0. The standard InChI is InChI=1S/C10H5Cl5O/c11-6-1-4(2-7(12)9(6)13)8-5(3-16)10(8,14)15/h1-3,5,8H. The van der Waals surface area contributed by atoms with Gasteiger partial charge >= 0.3 is 0 Å². The van der Waals surface area contributed by atoms with Gasteiger partial charge in [-0.3, -0.25) is 0 Å². The minimum absolute atomic E-state index is 0.277. The van der Waals surface area contributed by atoms with Gasteiger partial charge < -0.3 is 4.79 Å². The summed E-state index contributed by atoms with van der Waals surface area (Å²) in [5.41, 5.74) is 0.724. The van der Waals surface area contributed by atoms with E-state index in [1.165, 1.54) is 0 Å². The van der Waals surface area contributed by atoms with Crippen LogP contribution in [0.4, 0.5) is 0 Å². The lowest BCUT2D eigenvalue weighted by atomic mass is 10.1. The lowest BCUT2D eigenvalue weighted by molar-refractivity contribution is -0.108. The summed E-state index contributed by atoms with van der Waals surface area (Å²) in [5, 5.41) is 0.930. The minimum atomic E-state index is -1.07. The molecule has 0 aliphatic heterocycles. The van der Waals surface area contributed by atoms with Crippen molar-refractivity contribution < 1.29 is 4.79 Å². The van der Waals surface area contributed by atoms with Crippen LogP contribution in [0.1, 0.15) is 11.5 Å². The predicted octanol–water partition coefficient (Wildman–Crippen LogP) is 4.73. The molecule has 1 nitrogen and oxygen atoms in total. The molecule has 2 unspecified atom stereocenters. The van der Waals surface area contributed by atoms with E-state index in [1.807, 2.05) is 0 Å². The maximum absolute atomic E-state index is 10.7. The van der Waals surface area contributed by atoms with Crippen molar-refractivity contribution in [1.29, 1.82) is 0 Å². The van der Waals surface area contributed by atoms with E-state index in [0.717, 1.165) is 11.8 Å².